The van der Waals surface area contributed by atoms with E-state index < -0.39 is 0 Å². The molecule has 23 heavy (non-hydrogen) atoms. The molecule has 0 saturated carbocycles. The third kappa shape index (κ3) is 3.37. The van der Waals surface area contributed by atoms with Gasteiger partial charge < -0.3 is 14.9 Å². The van der Waals surface area contributed by atoms with E-state index in [1.165, 1.54) is 6.20 Å². The average molecular weight is 311 g/mol. The van der Waals surface area contributed by atoms with Crippen LogP contribution in [0.5, 0.6) is 0 Å². The first-order valence-corrected chi connectivity index (χ1v) is 7.36. The zero-order valence-electron chi connectivity index (χ0n) is 12.7. The Bertz CT molecular complexity index is 825. The van der Waals surface area contributed by atoms with Crippen molar-refractivity contribution in [2.24, 2.45) is 0 Å². The molecule has 6 nitrogen and oxygen atoms in total. The normalized spacial score (nSPS) is 10.9. The molecule has 0 unspecified atom stereocenters. The van der Waals surface area contributed by atoms with Crippen LogP contribution in [0.1, 0.15) is 27.2 Å². The molecule has 2 aromatic heterocycles. The molecule has 1 amide bonds. The number of aromatic nitrogens is 2. The summed E-state index contributed by atoms with van der Waals surface area (Å²) in [7, 11) is 0. The summed E-state index contributed by atoms with van der Waals surface area (Å²) in [6.07, 6.45) is 2.21. The number of aliphatic hydroxyl groups excluding tert-OH is 1. The summed E-state index contributed by atoms with van der Waals surface area (Å²) in [4.78, 5) is 16.3. The van der Waals surface area contributed by atoms with Crippen molar-refractivity contribution in [2.45, 2.75) is 20.0 Å². The van der Waals surface area contributed by atoms with Crippen LogP contribution in [0.2, 0.25) is 0 Å². The van der Waals surface area contributed by atoms with Gasteiger partial charge in [0.2, 0.25) is 0 Å². The SMILES string of the molecule is Cc1noc2ncc(C(=O)NCCc3ccc(CO)cc3)cc12. The molecule has 3 rings (SSSR count). The number of nitrogens with zero attached hydrogens (tertiary/aromatic N) is 2. The van der Waals surface area contributed by atoms with Crippen LogP contribution in [0, 0.1) is 6.92 Å². The number of nitrogens with one attached hydrogen (secondary N) is 1. The summed E-state index contributed by atoms with van der Waals surface area (Å²) in [5.74, 6) is -0.174. The Labute approximate surface area is 133 Å². The summed E-state index contributed by atoms with van der Waals surface area (Å²) in [5.41, 5.74) is 3.61. The monoisotopic (exact) mass is 311 g/mol. The summed E-state index contributed by atoms with van der Waals surface area (Å²) < 4.78 is 5.03. The Kier molecular flexibility index (Phi) is 4.34. The molecule has 0 radical (unpaired) electrons. The Morgan fingerprint density at radius 3 is 2.74 bits per heavy atom. The predicted molar refractivity (Wildman–Crippen MR) is 84.9 cm³/mol. The second-order valence-electron chi connectivity index (χ2n) is 5.33. The number of fused-ring (bicyclic) bond motifs is 1. The second kappa shape index (κ2) is 6.58. The quantitative estimate of drug-likeness (QED) is 0.752. The van der Waals surface area contributed by atoms with E-state index in [1.54, 1.807) is 6.07 Å². The summed E-state index contributed by atoms with van der Waals surface area (Å²) in [5, 5.41) is 16.5. The van der Waals surface area contributed by atoms with Gasteiger partial charge in [-0.05, 0) is 30.5 Å². The van der Waals surface area contributed by atoms with Crippen molar-refractivity contribution in [1.82, 2.24) is 15.5 Å². The number of aryl methyl sites for hydroxylation is 1. The molecule has 0 fully saturated rings. The lowest BCUT2D eigenvalue weighted by molar-refractivity contribution is 0.0954. The Balaban J connectivity index is 1.60. The Morgan fingerprint density at radius 1 is 1.26 bits per heavy atom. The van der Waals surface area contributed by atoms with Gasteiger partial charge in [-0.25, -0.2) is 4.98 Å². The summed E-state index contributed by atoms with van der Waals surface area (Å²) in [6, 6.07) is 9.39. The molecule has 0 spiro atoms. The number of amides is 1. The third-order valence-electron chi connectivity index (χ3n) is 3.68. The largest absolute Gasteiger partial charge is 0.392 e. The lowest BCUT2D eigenvalue weighted by atomic mass is 10.1. The van der Waals surface area contributed by atoms with Crippen LogP contribution < -0.4 is 5.32 Å². The van der Waals surface area contributed by atoms with Gasteiger partial charge in [0.05, 0.1) is 23.3 Å². The van der Waals surface area contributed by atoms with Crippen molar-refractivity contribution < 1.29 is 14.4 Å². The van der Waals surface area contributed by atoms with E-state index in [0.29, 0.717) is 23.5 Å². The third-order valence-corrected chi connectivity index (χ3v) is 3.68. The first kappa shape index (κ1) is 15.2. The number of benzene rings is 1. The standard InChI is InChI=1S/C17H17N3O3/c1-11-15-8-14(9-19-17(15)23-20-11)16(22)18-7-6-12-2-4-13(10-21)5-3-12/h2-5,8-9,21H,6-7,10H2,1H3,(H,18,22). The molecule has 0 atom stereocenters. The number of carbonyl (C=O) groups excluding carboxylic acids is 1. The van der Waals surface area contributed by atoms with Gasteiger partial charge in [-0.2, -0.15) is 0 Å². The maximum Gasteiger partial charge on any atom is 0.257 e. The average Bonchev–Trinajstić information content (AvgIpc) is 2.96. The zero-order chi connectivity index (χ0) is 16.2. The lowest BCUT2D eigenvalue weighted by Crippen LogP contribution is -2.25. The first-order chi connectivity index (χ1) is 11.2. The van der Waals surface area contributed by atoms with Gasteiger partial charge in [-0.3, -0.25) is 4.79 Å². The number of hydrogen-bond acceptors (Lipinski definition) is 5. The van der Waals surface area contributed by atoms with Crippen molar-refractivity contribution >= 4 is 17.0 Å². The predicted octanol–water partition coefficient (Wildman–Crippen LogP) is 2.00. The maximum atomic E-state index is 12.2. The van der Waals surface area contributed by atoms with E-state index in [2.05, 4.69) is 15.5 Å². The van der Waals surface area contributed by atoms with Gasteiger partial charge >= 0.3 is 0 Å². The van der Waals surface area contributed by atoms with Crippen LogP contribution in [0.4, 0.5) is 0 Å². The molecule has 6 heteroatoms. The van der Waals surface area contributed by atoms with Crippen LogP contribution in [0.25, 0.3) is 11.1 Å². The van der Waals surface area contributed by atoms with E-state index in [0.717, 1.165) is 22.9 Å². The van der Waals surface area contributed by atoms with E-state index in [9.17, 15) is 4.79 Å². The fraction of sp³-hybridized carbons (Fsp3) is 0.235. The van der Waals surface area contributed by atoms with Gasteiger partial charge in [0.1, 0.15) is 0 Å². The molecule has 2 heterocycles. The van der Waals surface area contributed by atoms with Crippen molar-refractivity contribution in [3.05, 3.63) is 58.9 Å². The van der Waals surface area contributed by atoms with Crippen molar-refractivity contribution in [3.63, 3.8) is 0 Å². The number of rotatable bonds is 5. The minimum Gasteiger partial charge on any atom is -0.392 e. The Hall–Kier alpha value is -2.73. The number of carbonyl (C=O) groups is 1. The van der Waals surface area contributed by atoms with Crippen LogP contribution in [0.3, 0.4) is 0 Å². The highest BCUT2D eigenvalue weighted by molar-refractivity contribution is 5.96. The van der Waals surface area contributed by atoms with Crippen LogP contribution in [-0.2, 0) is 13.0 Å². The maximum absolute atomic E-state index is 12.2. The van der Waals surface area contributed by atoms with E-state index >= 15 is 0 Å². The molecular weight excluding hydrogens is 294 g/mol. The molecule has 3 aromatic rings. The number of pyridine rings is 1. The van der Waals surface area contributed by atoms with Gasteiger partial charge in [0.25, 0.3) is 11.6 Å². The molecular formula is C17H17N3O3. The van der Waals surface area contributed by atoms with Crippen LogP contribution >= 0.6 is 0 Å². The second-order valence-corrected chi connectivity index (χ2v) is 5.33. The molecule has 0 saturated heterocycles. The van der Waals surface area contributed by atoms with Gasteiger partial charge in [-0.15, -0.1) is 0 Å². The Morgan fingerprint density at radius 2 is 2.00 bits per heavy atom. The molecule has 0 bridgehead atoms. The van der Waals surface area contributed by atoms with Gasteiger partial charge in [-0.1, -0.05) is 29.4 Å². The van der Waals surface area contributed by atoms with Gasteiger partial charge in [0.15, 0.2) is 0 Å². The van der Waals surface area contributed by atoms with E-state index in [1.807, 2.05) is 31.2 Å². The molecule has 0 aliphatic heterocycles. The highest BCUT2D eigenvalue weighted by atomic mass is 16.5. The fourth-order valence-electron chi connectivity index (χ4n) is 2.30. The molecule has 118 valence electrons. The minimum atomic E-state index is -0.174. The zero-order valence-corrected chi connectivity index (χ0v) is 12.7. The first-order valence-electron chi connectivity index (χ1n) is 7.36. The van der Waals surface area contributed by atoms with Crippen molar-refractivity contribution in [3.8, 4) is 0 Å². The van der Waals surface area contributed by atoms with Crippen molar-refractivity contribution in [2.75, 3.05) is 6.54 Å². The van der Waals surface area contributed by atoms with Gasteiger partial charge in [0, 0.05) is 12.7 Å². The molecule has 0 aliphatic carbocycles. The molecule has 2 N–H and O–H groups in total. The lowest BCUT2D eigenvalue weighted by Gasteiger charge is -2.06. The summed E-state index contributed by atoms with van der Waals surface area (Å²) in [6.45, 7) is 2.37. The summed E-state index contributed by atoms with van der Waals surface area (Å²) >= 11 is 0. The van der Waals surface area contributed by atoms with E-state index in [-0.39, 0.29) is 12.5 Å². The molecule has 0 aliphatic rings. The van der Waals surface area contributed by atoms with E-state index in [4.69, 9.17) is 9.63 Å². The number of hydrogen-bond donors (Lipinski definition) is 2. The van der Waals surface area contributed by atoms with Crippen molar-refractivity contribution in [1.29, 1.82) is 0 Å². The number of aliphatic hydroxyl groups is 1. The van der Waals surface area contributed by atoms with Crippen LogP contribution in [-0.4, -0.2) is 27.7 Å². The minimum absolute atomic E-state index is 0.0365. The highest BCUT2D eigenvalue weighted by Crippen LogP contribution is 2.16. The highest BCUT2D eigenvalue weighted by Gasteiger charge is 2.11. The smallest absolute Gasteiger partial charge is 0.257 e. The molecule has 1 aromatic carbocycles. The fourth-order valence-corrected chi connectivity index (χ4v) is 2.30. The topological polar surface area (TPSA) is 88.2 Å². The van der Waals surface area contributed by atoms with Crippen LogP contribution in [0.15, 0.2) is 41.1 Å².